The largest absolute Gasteiger partial charge is 0.432 e. The standard InChI is InChI=1S/C59H96O26/c1-24-34(63)46(83-49-43(72)40(69)37(66)29(21-61)80-49)45(74)51(78-24)84-47-35(64)27(62)22-76-52(47)82-33-12-13-56(6)31(55(33,4)5)11-14-58(8)32(56)10-9-25-26-19-54(2,3)15-17-59(26,18-16-57(25,58)7)53(75)85-50-44(73)41(70)38(67)30(81-50)23-77-48-42(71)39(68)36(65)28(20-60)79-48/h9,24,26-52,60-74H,10-23H2,1-8H3/t24-,26-,27-,28+,29+,30+,31-,32+,33-,34-,35-,36+,37+,38+,39-,40-,41-,42+,43+,44+,45+,46+,47+,48+,49-,50-,51-,52-,56-,57+,58+,59-/m0/s1. The third kappa shape index (κ3) is 11.2. The Morgan fingerprint density at radius 3 is 1.76 bits per heavy atom. The number of allylic oxidation sites excluding steroid dienone is 2. The Labute approximate surface area is 494 Å². The van der Waals surface area contributed by atoms with E-state index in [0.717, 1.165) is 25.7 Å². The molecule has 10 rings (SSSR count). The van der Waals surface area contributed by atoms with Crippen LogP contribution in [0, 0.1) is 50.2 Å². The fourth-order valence-electron chi connectivity index (χ4n) is 17.5. The van der Waals surface area contributed by atoms with Crippen LogP contribution in [0.25, 0.3) is 0 Å². The predicted octanol–water partition coefficient (Wildman–Crippen LogP) is -2.54. The predicted molar refractivity (Wildman–Crippen MR) is 288 cm³/mol. The van der Waals surface area contributed by atoms with E-state index in [1.165, 1.54) is 12.5 Å². The number of carbonyl (C=O) groups is 1. The molecule has 10 aliphatic rings. The summed E-state index contributed by atoms with van der Waals surface area (Å²) in [6, 6.07) is 0. The first-order chi connectivity index (χ1) is 39.8. The molecular weight excluding hydrogens is 1120 g/mol. The molecule has 5 aliphatic heterocycles. The number of hydrogen-bond acceptors (Lipinski definition) is 26. The van der Waals surface area contributed by atoms with Crippen molar-refractivity contribution in [2.75, 3.05) is 26.4 Å². The maximum atomic E-state index is 15.1. The summed E-state index contributed by atoms with van der Waals surface area (Å²) in [4.78, 5) is 15.1. The fourth-order valence-corrected chi connectivity index (χ4v) is 17.5. The molecule has 5 aliphatic carbocycles. The molecule has 85 heavy (non-hydrogen) atoms. The molecule has 32 atom stereocenters. The Bertz CT molecular complexity index is 2360. The Morgan fingerprint density at radius 1 is 0.553 bits per heavy atom. The molecule has 4 saturated carbocycles. The van der Waals surface area contributed by atoms with Crippen molar-refractivity contribution in [1.29, 1.82) is 0 Å². The normalized spacial score (nSPS) is 54.1. The van der Waals surface area contributed by atoms with Crippen LogP contribution in [0.1, 0.15) is 120 Å². The molecule has 5 saturated heterocycles. The number of esters is 1. The maximum Gasteiger partial charge on any atom is 0.315 e. The zero-order valence-corrected chi connectivity index (χ0v) is 49.8. The van der Waals surface area contributed by atoms with Crippen molar-refractivity contribution < 1.29 is 129 Å². The molecule has 0 unspecified atom stereocenters. The number of hydrogen-bond donors (Lipinski definition) is 15. The maximum absolute atomic E-state index is 15.1. The number of carbonyl (C=O) groups excluding carboxylic acids is 1. The van der Waals surface area contributed by atoms with Crippen LogP contribution in [0.4, 0.5) is 0 Å². The van der Waals surface area contributed by atoms with Crippen LogP contribution in [0.15, 0.2) is 11.6 Å². The van der Waals surface area contributed by atoms with E-state index in [-0.39, 0.29) is 46.0 Å². The lowest BCUT2D eigenvalue weighted by molar-refractivity contribution is -0.382. The zero-order chi connectivity index (χ0) is 62.0. The van der Waals surface area contributed by atoms with Crippen LogP contribution in [0.3, 0.4) is 0 Å². The van der Waals surface area contributed by atoms with Crippen LogP contribution in [0.5, 0.6) is 0 Å². The molecule has 0 aromatic rings. The summed E-state index contributed by atoms with van der Waals surface area (Å²) in [5.74, 6) is -0.517. The van der Waals surface area contributed by atoms with E-state index in [0.29, 0.717) is 38.5 Å². The average molecular weight is 1220 g/mol. The minimum atomic E-state index is -1.85. The first-order valence-electron chi connectivity index (χ1n) is 30.6. The van der Waals surface area contributed by atoms with Gasteiger partial charge >= 0.3 is 5.97 Å². The second kappa shape index (κ2) is 24.4. The Hall–Kier alpha value is -1.75. The minimum Gasteiger partial charge on any atom is -0.432 e. The quantitative estimate of drug-likeness (QED) is 0.0513. The number of ether oxygens (including phenoxy) is 10. The van der Waals surface area contributed by atoms with Gasteiger partial charge in [-0.2, -0.15) is 0 Å². The van der Waals surface area contributed by atoms with E-state index < -0.39 is 190 Å². The summed E-state index contributed by atoms with van der Waals surface area (Å²) < 4.78 is 59.7. The van der Waals surface area contributed by atoms with Crippen molar-refractivity contribution in [2.24, 2.45) is 50.2 Å². The smallest absolute Gasteiger partial charge is 0.315 e. The van der Waals surface area contributed by atoms with Crippen molar-refractivity contribution in [3.05, 3.63) is 11.6 Å². The van der Waals surface area contributed by atoms with E-state index in [2.05, 4.69) is 54.5 Å². The van der Waals surface area contributed by atoms with Gasteiger partial charge in [0.1, 0.15) is 110 Å². The van der Waals surface area contributed by atoms with E-state index >= 15 is 4.79 Å². The Morgan fingerprint density at radius 2 is 1.12 bits per heavy atom. The highest BCUT2D eigenvalue weighted by molar-refractivity contribution is 5.79. The molecule has 26 nitrogen and oxygen atoms in total. The third-order valence-electron chi connectivity index (χ3n) is 23.1. The molecule has 0 amide bonds. The molecule has 0 bridgehead atoms. The van der Waals surface area contributed by atoms with Gasteiger partial charge in [0.05, 0.1) is 44.1 Å². The van der Waals surface area contributed by atoms with E-state index in [9.17, 15) is 76.6 Å². The van der Waals surface area contributed by atoms with Gasteiger partial charge in [0.15, 0.2) is 25.2 Å². The molecule has 26 heteroatoms. The van der Waals surface area contributed by atoms with Crippen LogP contribution in [-0.4, -0.2) is 263 Å². The van der Waals surface area contributed by atoms with Crippen molar-refractivity contribution in [1.82, 2.24) is 0 Å². The minimum absolute atomic E-state index is 0.119. The van der Waals surface area contributed by atoms with Gasteiger partial charge in [-0.05, 0) is 116 Å². The molecule has 9 fully saturated rings. The number of fused-ring (bicyclic) bond motifs is 7. The van der Waals surface area contributed by atoms with Gasteiger partial charge in [0.2, 0.25) is 6.29 Å². The van der Waals surface area contributed by atoms with E-state index in [4.69, 9.17) is 47.4 Å². The monoisotopic (exact) mass is 1220 g/mol. The molecule has 15 N–H and O–H groups in total. The lowest BCUT2D eigenvalue weighted by atomic mass is 9.33. The highest BCUT2D eigenvalue weighted by atomic mass is 16.8. The van der Waals surface area contributed by atoms with Gasteiger partial charge in [-0.15, -0.1) is 0 Å². The Kier molecular flexibility index (Phi) is 19.0. The Balaban J connectivity index is 0.839. The molecule has 488 valence electrons. The lowest BCUT2D eigenvalue weighted by Crippen LogP contribution is -2.66. The third-order valence-corrected chi connectivity index (χ3v) is 23.1. The molecule has 0 aromatic carbocycles. The van der Waals surface area contributed by atoms with Crippen molar-refractivity contribution in [3.8, 4) is 0 Å². The van der Waals surface area contributed by atoms with Crippen LogP contribution < -0.4 is 0 Å². The van der Waals surface area contributed by atoms with Gasteiger partial charge in [-0.1, -0.05) is 60.1 Å². The zero-order valence-electron chi connectivity index (χ0n) is 49.8. The molecule has 0 aromatic heterocycles. The number of aliphatic hydroxyl groups excluding tert-OH is 15. The summed E-state index contributed by atoms with van der Waals surface area (Å²) in [5.41, 5.74) is -1.26. The van der Waals surface area contributed by atoms with Gasteiger partial charge in [-0.3, -0.25) is 4.79 Å². The van der Waals surface area contributed by atoms with Crippen molar-refractivity contribution >= 4 is 5.97 Å². The summed E-state index contributed by atoms with van der Waals surface area (Å²) in [6.07, 6.45) is -29.6. The fraction of sp³-hybridized carbons (Fsp3) is 0.949. The average Bonchev–Trinajstić information content (AvgIpc) is 0.688. The SMILES string of the molecule is C[C@@H]1O[C@@H](O[C@H]2[C@H](O[C@H]3CC[C@]4(C)[C@H]5CC=C6[C@@H]7CC(C)(C)CC[C@]7(C(=O)O[C@@H]7O[C@H](CO[C@@H]8O[C@H](CO)[C@@H](O)[C@H](O)[C@H]8O)[C@@H](O)[C@H](O)[C@H]7O)CC[C@@]6(C)[C@]5(C)CC[C@H]4C3(C)C)OC[C@H](O)[C@@H]2O)[C@H](O)[C@H](O[C@@H]2O[C@H](CO)[C@@H](O)[C@H](O)[C@H]2O)[C@H]1O. The molecule has 0 spiro atoms. The molecule has 5 heterocycles. The van der Waals surface area contributed by atoms with Crippen molar-refractivity contribution in [2.45, 2.75) is 273 Å². The molecule has 0 radical (unpaired) electrons. The molecular formula is C59H96O26. The van der Waals surface area contributed by atoms with Gasteiger partial charge < -0.3 is 124 Å². The van der Waals surface area contributed by atoms with Gasteiger partial charge in [-0.25, -0.2) is 0 Å². The highest BCUT2D eigenvalue weighted by Crippen LogP contribution is 2.76. The number of aliphatic hydroxyl groups is 15. The summed E-state index contributed by atoms with van der Waals surface area (Å²) >= 11 is 0. The van der Waals surface area contributed by atoms with E-state index in [1.807, 2.05) is 0 Å². The van der Waals surface area contributed by atoms with Gasteiger partial charge in [0.25, 0.3) is 0 Å². The summed E-state index contributed by atoms with van der Waals surface area (Å²) in [7, 11) is 0. The van der Waals surface area contributed by atoms with Crippen molar-refractivity contribution in [3.63, 3.8) is 0 Å². The summed E-state index contributed by atoms with van der Waals surface area (Å²) in [5, 5.41) is 161. The first kappa shape index (κ1) is 66.2. The summed E-state index contributed by atoms with van der Waals surface area (Å²) in [6.45, 7) is 15.1. The first-order valence-corrected chi connectivity index (χ1v) is 30.6. The highest BCUT2D eigenvalue weighted by Gasteiger charge is 2.70. The van der Waals surface area contributed by atoms with Crippen LogP contribution in [-0.2, 0) is 52.2 Å². The lowest BCUT2D eigenvalue weighted by Gasteiger charge is -2.71. The number of rotatable bonds is 13. The van der Waals surface area contributed by atoms with Crippen LogP contribution in [0.2, 0.25) is 0 Å². The van der Waals surface area contributed by atoms with Crippen LogP contribution >= 0.6 is 0 Å². The topological polar surface area (TPSA) is 413 Å². The second-order valence-electron chi connectivity index (χ2n) is 28.7. The second-order valence-corrected chi connectivity index (χ2v) is 28.7. The van der Waals surface area contributed by atoms with Gasteiger partial charge in [0, 0.05) is 0 Å². The van der Waals surface area contributed by atoms with E-state index in [1.54, 1.807) is 0 Å².